The zero-order chi connectivity index (χ0) is 13.2. The van der Waals surface area contributed by atoms with E-state index in [-0.39, 0.29) is 0 Å². The van der Waals surface area contributed by atoms with Gasteiger partial charge in [-0.05, 0) is 37.0 Å². The zero-order valence-corrected chi connectivity index (χ0v) is 12.3. The Bertz CT molecular complexity index is 566. The van der Waals surface area contributed by atoms with E-state index in [4.69, 9.17) is 4.74 Å². The number of hydrogen-bond acceptors (Lipinski definition) is 4. The molecule has 0 unspecified atom stereocenters. The highest BCUT2D eigenvalue weighted by atomic mass is 32.1. The van der Waals surface area contributed by atoms with Gasteiger partial charge in [-0.1, -0.05) is 31.1 Å². The Morgan fingerprint density at radius 1 is 1.32 bits per heavy atom. The molecule has 1 aliphatic carbocycles. The van der Waals surface area contributed by atoms with Gasteiger partial charge in [0.15, 0.2) is 5.13 Å². The second kappa shape index (κ2) is 5.37. The van der Waals surface area contributed by atoms with Gasteiger partial charge in [0, 0.05) is 6.04 Å². The fraction of sp³-hybridized carbons (Fsp3) is 0.533. The van der Waals surface area contributed by atoms with Crippen LogP contribution in [0.25, 0.3) is 10.2 Å². The highest BCUT2D eigenvalue weighted by Gasteiger charge is 2.21. The Labute approximate surface area is 118 Å². The fourth-order valence-electron chi connectivity index (χ4n) is 2.78. The number of fused-ring (bicyclic) bond motifs is 1. The van der Waals surface area contributed by atoms with Gasteiger partial charge < -0.3 is 10.1 Å². The van der Waals surface area contributed by atoms with Crippen LogP contribution in [0.5, 0.6) is 5.75 Å². The molecule has 0 aliphatic heterocycles. The monoisotopic (exact) mass is 276 g/mol. The summed E-state index contributed by atoms with van der Waals surface area (Å²) in [5.74, 6) is 1.64. The molecule has 1 aromatic carbocycles. The molecule has 1 heterocycles. The third-order valence-electron chi connectivity index (χ3n) is 4.02. The lowest BCUT2D eigenvalue weighted by molar-refractivity contribution is 0.349. The lowest BCUT2D eigenvalue weighted by atomic mass is 9.86. The first kappa shape index (κ1) is 12.7. The van der Waals surface area contributed by atoms with Gasteiger partial charge >= 0.3 is 0 Å². The van der Waals surface area contributed by atoms with Gasteiger partial charge in [0.2, 0.25) is 0 Å². The summed E-state index contributed by atoms with van der Waals surface area (Å²) in [7, 11) is 1.70. The maximum Gasteiger partial charge on any atom is 0.184 e. The van der Waals surface area contributed by atoms with E-state index in [2.05, 4.69) is 23.3 Å². The van der Waals surface area contributed by atoms with Crippen LogP contribution in [-0.4, -0.2) is 18.1 Å². The predicted molar refractivity (Wildman–Crippen MR) is 81.2 cm³/mol. The van der Waals surface area contributed by atoms with Crippen molar-refractivity contribution in [1.29, 1.82) is 0 Å². The van der Waals surface area contributed by atoms with Crippen LogP contribution in [0.2, 0.25) is 0 Å². The van der Waals surface area contributed by atoms with E-state index in [0.717, 1.165) is 22.3 Å². The van der Waals surface area contributed by atoms with Crippen LogP contribution in [-0.2, 0) is 0 Å². The minimum atomic E-state index is 0.580. The summed E-state index contributed by atoms with van der Waals surface area (Å²) in [5, 5.41) is 4.67. The quantitative estimate of drug-likeness (QED) is 0.907. The predicted octanol–water partition coefficient (Wildman–Crippen LogP) is 4.30. The average molecular weight is 276 g/mol. The molecule has 3 rings (SSSR count). The van der Waals surface area contributed by atoms with E-state index in [1.807, 2.05) is 12.1 Å². The molecule has 1 fully saturated rings. The first-order valence-corrected chi connectivity index (χ1v) is 7.79. The fourth-order valence-corrected chi connectivity index (χ4v) is 3.74. The number of thiazole rings is 1. The molecule has 1 N–H and O–H groups in total. The standard InChI is InChI=1S/C15H20N2OS/c1-10-5-3-4-6-12(10)16-15-17-13-8-7-11(18-2)9-14(13)19-15/h7-10,12H,3-6H2,1-2H3,(H,16,17)/t10-,12+/m0/s1. The first-order valence-electron chi connectivity index (χ1n) is 6.97. The van der Waals surface area contributed by atoms with Crippen molar-refractivity contribution in [2.24, 2.45) is 5.92 Å². The van der Waals surface area contributed by atoms with Crippen molar-refractivity contribution in [2.75, 3.05) is 12.4 Å². The van der Waals surface area contributed by atoms with Gasteiger partial charge in [-0.25, -0.2) is 4.98 Å². The number of benzene rings is 1. The number of nitrogens with one attached hydrogen (secondary N) is 1. The van der Waals surface area contributed by atoms with Crippen molar-refractivity contribution in [2.45, 2.75) is 38.6 Å². The number of anilines is 1. The molecule has 0 amide bonds. The molecule has 0 saturated heterocycles. The van der Waals surface area contributed by atoms with Gasteiger partial charge in [0.1, 0.15) is 5.75 Å². The Hall–Kier alpha value is -1.29. The molecule has 1 aliphatic rings. The van der Waals surface area contributed by atoms with Crippen molar-refractivity contribution >= 4 is 26.7 Å². The van der Waals surface area contributed by atoms with Crippen molar-refractivity contribution in [1.82, 2.24) is 4.98 Å². The number of rotatable bonds is 3. The summed E-state index contributed by atoms with van der Waals surface area (Å²) in [6.07, 6.45) is 5.30. The maximum absolute atomic E-state index is 5.26. The van der Waals surface area contributed by atoms with Crippen LogP contribution in [0.4, 0.5) is 5.13 Å². The maximum atomic E-state index is 5.26. The summed E-state index contributed by atoms with van der Waals surface area (Å²) in [4.78, 5) is 4.67. The smallest absolute Gasteiger partial charge is 0.184 e. The van der Waals surface area contributed by atoms with E-state index in [0.29, 0.717) is 6.04 Å². The normalized spacial score (nSPS) is 23.5. The molecule has 102 valence electrons. The molecular formula is C15H20N2OS. The molecule has 3 nitrogen and oxygen atoms in total. The number of nitrogens with zero attached hydrogens (tertiary/aromatic N) is 1. The Morgan fingerprint density at radius 2 is 2.16 bits per heavy atom. The van der Waals surface area contributed by atoms with Crippen LogP contribution in [0.3, 0.4) is 0 Å². The van der Waals surface area contributed by atoms with Crippen molar-refractivity contribution in [3.63, 3.8) is 0 Å². The molecule has 2 aromatic rings. The van der Waals surface area contributed by atoms with Gasteiger partial charge in [-0.15, -0.1) is 0 Å². The molecule has 1 saturated carbocycles. The molecule has 0 spiro atoms. The molecule has 0 radical (unpaired) electrons. The zero-order valence-electron chi connectivity index (χ0n) is 11.5. The largest absolute Gasteiger partial charge is 0.497 e. The third-order valence-corrected chi connectivity index (χ3v) is 4.97. The summed E-state index contributed by atoms with van der Waals surface area (Å²) in [6.45, 7) is 2.34. The average Bonchev–Trinajstić information content (AvgIpc) is 2.82. The minimum absolute atomic E-state index is 0.580. The number of hydrogen-bond donors (Lipinski definition) is 1. The third kappa shape index (κ3) is 2.68. The molecule has 19 heavy (non-hydrogen) atoms. The summed E-state index contributed by atoms with van der Waals surface area (Å²) >= 11 is 1.72. The Morgan fingerprint density at radius 3 is 2.95 bits per heavy atom. The van der Waals surface area contributed by atoms with Crippen LogP contribution in [0, 0.1) is 5.92 Å². The highest BCUT2D eigenvalue weighted by molar-refractivity contribution is 7.22. The highest BCUT2D eigenvalue weighted by Crippen LogP contribution is 2.32. The SMILES string of the molecule is COc1ccc2nc(N[C@@H]3CCCC[C@@H]3C)sc2c1. The summed E-state index contributed by atoms with van der Waals surface area (Å²) < 4.78 is 6.44. The van der Waals surface area contributed by atoms with Gasteiger partial charge in [0.25, 0.3) is 0 Å². The van der Waals surface area contributed by atoms with Crippen molar-refractivity contribution in [3.8, 4) is 5.75 Å². The van der Waals surface area contributed by atoms with Gasteiger partial charge in [-0.3, -0.25) is 0 Å². The van der Waals surface area contributed by atoms with Gasteiger partial charge in [-0.2, -0.15) is 0 Å². The van der Waals surface area contributed by atoms with E-state index in [1.54, 1.807) is 18.4 Å². The summed E-state index contributed by atoms with van der Waals surface area (Å²) in [5.41, 5.74) is 1.05. The molecule has 0 bridgehead atoms. The second-order valence-electron chi connectivity index (χ2n) is 5.37. The molecule has 4 heteroatoms. The van der Waals surface area contributed by atoms with Crippen LogP contribution in [0.1, 0.15) is 32.6 Å². The van der Waals surface area contributed by atoms with Gasteiger partial charge in [0.05, 0.1) is 17.3 Å². The lowest BCUT2D eigenvalue weighted by Crippen LogP contribution is -2.30. The Kier molecular flexibility index (Phi) is 3.60. The Balaban J connectivity index is 1.81. The molecule has 2 atom stereocenters. The van der Waals surface area contributed by atoms with Crippen LogP contribution in [0.15, 0.2) is 18.2 Å². The van der Waals surface area contributed by atoms with E-state index in [9.17, 15) is 0 Å². The van der Waals surface area contributed by atoms with E-state index < -0.39 is 0 Å². The number of methoxy groups -OCH3 is 1. The van der Waals surface area contributed by atoms with E-state index in [1.165, 1.54) is 30.4 Å². The molecule has 1 aromatic heterocycles. The van der Waals surface area contributed by atoms with E-state index >= 15 is 0 Å². The van der Waals surface area contributed by atoms with Crippen LogP contribution < -0.4 is 10.1 Å². The number of ether oxygens (including phenoxy) is 1. The number of aromatic nitrogens is 1. The lowest BCUT2D eigenvalue weighted by Gasteiger charge is -2.29. The van der Waals surface area contributed by atoms with Crippen LogP contribution >= 0.6 is 11.3 Å². The minimum Gasteiger partial charge on any atom is -0.497 e. The van der Waals surface area contributed by atoms with Crippen molar-refractivity contribution in [3.05, 3.63) is 18.2 Å². The summed E-state index contributed by atoms with van der Waals surface area (Å²) in [6, 6.07) is 6.63. The second-order valence-corrected chi connectivity index (χ2v) is 6.40. The van der Waals surface area contributed by atoms with Crippen molar-refractivity contribution < 1.29 is 4.74 Å². The molecular weight excluding hydrogens is 256 g/mol. The topological polar surface area (TPSA) is 34.1 Å². The first-order chi connectivity index (χ1) is 9.26.